The first-order valence-corrected chi connectivity index (χ1v) is 12.0. The molecular formula is C20H24ClO7P. The second-order valence-electron chi connectivity index (χ2n) is 8.55. The van der Waals surface area contributed by atoms with Crippen molar-refractivity contribution in [2.75, 3.05) is 0 Å². The van der Waals surface area contributed by atoms with Gasteiger partial charge in [-0.1, -0.05) is 35.2 Å². The largest absolute Gasteiger partial charge is 0.524 e. The lowest BCUT2D eigenvalue weighted by Crippen LogP contribution is -2.74. The van der Waals surface area contributed by atoms with E-state index in [0.717, 1.165) is 44.9 Å². The molecule has 1 saturated heterocycles. The number of phosphoric acid groups is 1. The Balaban J connectivity index is 1.58. The van der Waals surface area contributed by atoms with Crippen molar-refractivity contribution in [3.8, 4) is 5.75 Å². The van der Waals surface area contributed by atoms with E-state index < -0.39 is 19.2 Å². The Bertz CT molecular complexity index is 927. The molecule has 1 aromatic rings. The summed E-state index contributed by atoms with van der Waals surface area (Å²) in [5, 5.41) is 11.7. The fourth-order valence-corrected chi connectivity index (χ4v) is 6.57. The predicted molar refractivity (Wildman–Crippen MR) is 104 cm³/mol. The van der Waals surface area contributed by atoms with Gasteiger partial charge in [0, 0.05) is 17.4 Å². The number of hydrogen-bond donors (Lipinski definition) is 3. The van der Waals surface area contributed by atoms with Crippen LogP contribution >= 0.6 is 19.4 Å². The van der Waals surface area contributed by atoms with Crippen molar-refractivity contribution >= 4 is 19.4 Å². The molecule has 0 amide bonds. The zero-order valence-electron chi connectivity index (χ0n) is 15.8. The molecule has 3 N–H and O–H groups in total. The topological polar surface area (TPSA) is 105 Å². The molecule has 2 bridgehead atoms. The molecule has 0 radical (unpaired) electrons. The Morgan fingerprint density at radius 2 is 1.93 bits per heavy atom. The number of benzene rings is 1. The van der Waals surface area contributed by atoms with Gasteiger partial charge in [0.1, 0.15) is 0 Å². The Hall–Kier alpha value is -0.920. The minimum atomic E-state index is -4.80. The zero-order valence-corrected chi connectivity index (χ0v) is 17.5. The standard InChI is InChI=1S/C20H24ClO7P/c21-17-9-8-14(11-18(17)26-29(23,24)25)20(22)19(27-28-20)13-5-3-7-16(19)15-6-2-1-4-12(15)10-13/h8-9,11,13,16,22H,1-7,10H2,(H2,23,24,25). The molecular weight excluding hydrogens is 419 g/mol. The molecule has 1 spiro atoms. The molecule has 0 aromatic heterocycles. The van der Waals surface area contributed by atoms with E-state index in [9.17, 15) is 9.67 Å². The Kier molecular flexibility index (Phi) is 4.69. The van der Waals surface area contributed by atoms with E-state index in [0.29, 0.717) is 5.56 Å². The molecule has 1 aliphatic heterocycles. The molecule has 158 valence electrons. The fraction of sp³-hybridized carbons (Fsp3) is 0.600. The molecule has 9 heteroatoms. The van der Waals surface area contributed by atoms with Crippen molar-refractivity contribution in [2.45, 2.75) is 62.8 Å². The number of halogens is 1. The minimum absolute atomic E-state index is 0.0380. The molecule has 1 saturated carbocycles. The summed E-state index contributed by atoms with van der Waals surface area (Å²) in [7, 11) is -4.80. The maximum atomic E-state index is 11.7. The van der Waals surface area contributed by atoms with Gasteiger partial charge in [0.15, 0.2) is 11.4 Å². The van der Waals surface area contributed by atoms with Crippen LogP contribution in [0.3, 0.4) is 0 Å². The molecule has 4 unspecified atom stereocenters. The lowest BCUT2D eigenvalue weighted by atomic mass is 9.53. The van der Waals surface area contributed by atoms with Crippen LogP contribution in [0.25, 0.3) is 0 Å². The van der Waals surface area contributed by atoms with Crippen LogP contribution in [0.4, 0.5) is 0 Å². The lowest BCUT2D eigenvalue weighted by Gasteiger charge is -2.64. The molecule has 4 aliphatic rings. The summed E-state index contributed by atoms with van der Waals surface area (Å²) >= 11 is 6.05. The van der Waals surface area contributed by atoms with E-state index in [2.05, 4.69) is 0 Å². The molecule has 2 fully saturated rings. The van der Waals surface area contributed by atoms with Crippen molar-refractivity contribution in [2.24, 2.45) is 11.8 Å². The van der Waals surface area contributed by atoms with Crippen LogP contribution in [0.5, 0.6) is 5.75 Å². The number of aliphatic hydroxyl groups is 1. The van der Waals surface area contributed by atoms with Crippen LogP contribution in [0.2, 0.25) is 5.02 Å². The zero-order chi connectivity index (χ0) is 20.4. The van der Waals surface area contributed by atoms with Crippen molar-refractivity contribution in [1.82, 2.24) is 0 Å². The van der Waals surface area contributed by atoms with Crippen molar-refractivity contribution in [3.05, 3.63) is 39.9 Å². The molecule has 4 atom stereocenters. The Morgan fingerprint density at radius 3 is 2.66 bits per heavy atom. The highest BCUT2D eigenvalue weighted by Gasteiger charge is 2.74. The first-order chi connectivity index (χ1) is 13.7. The lowest BCUT2D eigenvalue weighted by molar-refractivity contribution is -0.636. The quantitative estimate of drug-likeness (QED) is 0.363. The third kappa shape index (κ3) is 2.94. The van der Waals surface area contributed by atoms with Gasteiger partial charge in [-0.15, -0.1) is 0 Å². The fourth-order valence-electron chi connectivity index (χ4n) is 5.95. The van der Waals surface area contributed by atoms with Gasteiger partial charge < -0.3 is 9.63 Å². The number of fused-ring (bicyclic) bond motifs is 1. The second-order valence-corrected chi connectivity index (χ2v) is 10.1. The van der Waals surface area contributed by atoms with Crippen molar-refractivity contribution in [1.29, 1.82) is 0 Å². The number of rotatable bonds is 3. The molecule has 5 rings (SSSR count). The smallest absolute Gasteiger partial charge is 0.403 e. The van der Waals surface area contributed by atoms with Crippen LogP contribution in [-0.2, 0) is 20.1 Å². The molecule has 7 nitrogen and oxygen atoms in total. The van der Waals surface area contributed by atoms with Crippen LogP contribution < -0.4 is 4.52 Å². The molecule has 3 aliphatic carbocycles. The van der Waals surface area contributed by atoms with E-state index in [4.69, 9.17) is 35.7 Å². The number of phosphoric ester groups is 1. The average Bonchev–Trinajstić information content (AvgIpc) is 2.66. The average molecular weight is 443 g/mol. The summed E-state index contributed by atoms with van der Waals surface area (Å²) in [4.78, 5) is 29.5. The molecule has 1 aromatic carbocycles. The Morgan fingerprint density at radius 1 is 1.14 bits per heavy atom. The van der Waals surface area contributed by atoms with Gasteiger partial charge in [-0.25, -0.2) is 9.45 Å². The third-order valence-electron chi connectivity index (χ3n) is 7.08. The van der Waals surface area contributed by atoms with E-state index in [1.165, 1.54) is 29.7 Å². The summed E-state index contributed by atoms with van der Waals surface area (Å²) in [6.07, 6.45) is 8.37. The number of allylic oxidation sites excluding steroid dienone is 1. The highest BCUT2D eigenvalue weighted by molar-refractivity contribution is 7.46. The van der Waals surface area contributed by atoms with Gasteiger partial charge in [-0.05, 0) is 57.1 Å². The summed E-state index contributed by atoms with van der Waals surface area (Å²) in [6, 6.07) is 4.38. The van der Waals surface area contributed by atoms with Crippen LogP contribution in [-0.4, -0.2) is 20.5 Å². The van der Waals surface area contributed by atoms with Crippen LogP contribution in [0, 0.1) is 11.8 Å². The first kappa shape index (κ1) is 20.0. The summed E-state index contributed by atoms with van der Waals surface area (Å²) in [5.74, 6) is -1.73. The number of hydrogen-bond acceptors (Lipinski definition) is 5. The first-order valence-electron chi connectivity index (χ1n) is 10.1. The minimum Gasteiger partial charge on any atom is -0.403 e. The monoisotopic (exact) mass is 442 g/mol. The highest BCUT2D eigenvalue weighted by atomic mass is 35.5. The van der Waals surface area contributed by atoms with E-state index >= 15 is 0 Å². The van der Waals surface area contributed by atoms with Crippen molar-refractivity contribution in [3.63, 3.8) is 0 Å². The van der Waals surface area contributed by atoms with Gasteiger partial charge in [-0.3, -0.25) is 9.79 Å². The summed E-state index contributed by atoms with van der Waals surface area (Å²) in [5.41, 5.74) is 2.37. The SMILES string of the molecule is O=P(O)(O)Oc1cc(C2(O)OOC23C2CCCC3C3=C(CCCC3)C2)ccc1Cl. The summed E-state index contributed by atoms with van der Waals surface area (Å²) < 4.78 is 16.0. The van der Waals surface area contributed by atoms with E-state index in [1.54, 1.807) is 6.07 Å². The predicted octanol–water partition coefficient (Wildman–Crippen LogP) is 4.35. The third-order valence-corrected chi connectivity index (χ3v) is 7.83. The van der Waals surface area contributed by atoms with Crippen LogP contribution in [0.1, 0.15) is 56.9 Å². The molecule has 1 heterocycles. The maximum absolute atomic E-state index is 11.7. The second kappa shape index (κ2) is 6.79. The highest BCUT2D eigenvalue weighted by Crippen LogP contribution is 2.65. The van der Waals surface area contributed by atoms with E-state index in [1.807, 2.05) is 0 Å². The van der Waals surface area contributed by atoms with Crippen LogP contribution in [0.15, 0.2) is 29.3 Å². The van der Waals surface area contributed by atoms with Crippen molar-refractivity contribution < 1.29 is 33.8 Å². The maximum Gasteiger partial charge on any atom is 0.524 e. The Labute approximate surface area is 173 Å². The normalized spacial score (nSPS) is 36.6. The van der Waals surface area contributed by atoms with Gasteiger partial charge in [0.05, 0.1) is 5.02 Å². The summed E-state index contributed by atoms with van der Waals surface area (Å²) in [6.45, 7) is 0. The molecule has 29 heavy (non-hydrogen) atoms. The van der Waals surface area contributed by atoms with Gasteiger partial charge in [-0.2, -0.15) is 4.89 Å². The van der Waals surface area contributed by atoms with Gasteiger partial charge in [0.2, 0.25) is 0 Å². The van der Waals surface area contributed by atoms with Gasteiger partial charge >= 0.3 is 7.82 Å². The van der Waals surface area contributed by atoms with Gasteiger partial charge in [0.25, 0.3) is 5.79 Å². The van der Waals surface area contributed by atoms with E-state index in [-0.39, 0.29) is 22.6 Å².